The molecular weight excluding hydrogens is 446 g/mol. The molecule has 2 aromatic carbocycles. The van der Waals surface area contributed by atoms with Crippen molar-refractivity contribution >= 4 is 35.0 Å². The lowest BCUT2D eigenvalue weighted by molar-refractivity contribution is -0.113. The highest BCUT2D eigenvalue weighted by Gasteiger charge is 2.14. The highest BCUT2D eigenvalue weighted by molar-refractivity contribution is 7.99. The minimum Gasteiger partial charge on any atom is -0.372 e. The van der Waals surface area contributed by atoms with Gasteiger partial charge >= 0.3 is 0 Å². The number of nitrogens with zero attached hydrogens (tertiary/aromatic N) is 4. The maximum absolute atomic E-state index is 12.9. The number of hydrogen-bond donors (Lipinski definition) is 1. The van der Waals surface area contributed by atoms with E-state index in [-0.39, 0.29) is 17.6 Å². The zero-order chi connectivity index (χ0) is 23.9. The van der Waals surface area contributed by atoms with Crippen LogP contribution in [0.4, 0.5) is 11.4 Å². The molecule has 1 aliphatic heterocycles. The number of imidazole rings is 1. The van der Waals surface area contributed by atoms with Gasteiger partial charge in [0.25, 0.3) is 5.91 Å². The molecule has 1 aromatic heterocycles. The van der Waals surface area contributed by atoms with Crippen molar-refractivity contribution < 1.29 is 9.59 Å². The largest absolute Gasteiger partial charge is 0.372 e. The molecule has 0 saturated carbocycles. The molecule has 4 rings (SSSR count). The molecule has 0 bridgehead atoms. The Bertz CT molecular complexity index is 1100. The summed E-state index contributed by atoms with van der Waals surface area (Å²) < 4.78 is 1.87. The molecule has 7 nitrogen and oxygen atoms in total. The van der Waals surface area contributed by atoms with E-state index in [1.165, 1.54) is 36.7 Å². The summed E-state index contributed by atoms with van der Waals surface area (Å²) >= 11 is 1.38. The topological polar surface area (TPSA) is 70.5 Å². The number of thioether (sulfide) groups is 1. The van der Waals surface area contributed by atoms with Gasteiger partial charge in [-0.25, -0.2) is 4.98 Å². The number of piperidine rings is 1. The Hall–Kier alpha value is -3.26. The van der Waals surface area contributed by atoms with Crippen LogP contribution in [0.1, 0.15) is 35.2 Å². The number of anilines is 2. The molecule has 0 unspecified atom stereocenters. The summed E-state index contributed by atoms with van der Waals surface area (Å²) in [4.78, 5) is 33.5. The second-order valence-electron chi connectivity index (χ2n) is 8.61. The third-order valence-corrected chi connectivity index (χ3v) is 7.01. The van der Waals surface area contributed by atoms with Crippen molar-refractivity contribution in [1.82, 2.24) is 14.5 Å². The van der Waals surface area contributed by atoms with Crippen molar-refractivity contribution in [2.75, 3.05) is 36.1 Å². The standard InChI is InChI=1S/C26H31N5O2S/c1-29-17-14-27-26(29)34-19-24(32)28-22-10-8-21(9-11-22)25(33)30(2)18-20-6-12-23(13-7-20)31-15-4-3-5-16-31/h6-14,17H,3-5,15-16,18-19H2,1-2H3,(H,28,32). The van der Waals surface area contributed by atoms with Crippen LogP contribution in [-0.4, -0.2) is 52.2 Å². The van der Waals surface area contributed by atoms with Crippen molar-refractivity contribution in [2.24, 2.45) is 7.05 Å². The number of carbonyl (C=O) groups is 2. The van der Waals surface area contributed by atoms with Crippen molar-refractivity contribution in [1.29, 1.82) is 0 Å². The quantitative estimate of drug-likeness (QED) is 0.487. The summed E-state index contributed by atoms with van der Waals surface area (Å²) in [6, 6.07) is 15.5. The molecule has 0 aliphatic carbocycles. The number of nitrogens with one attached hydrogen (secondary N) is 1. The predicted octanol–water partition coefficient (Wildman–Crippen LogP) is 4.41. The zero-order valence-electron chi connectivity index (χ0n) is 19.7. The zero-order valence-corrected chi connectivity index (χ0v) is 20.6. The summed E-state index contributed by atoms with van der Waals surface area (Å²) in [5.74, 6) is 0.102. The molecule has 34 heavy (non-hydrogen) atoms. The van der Waals surface area contributed by atoms with Gasteiger partial charge in [0, 0.05) is 63.1 Å². The first-order chi connectivity index (χ1) is 16.5. The van der Waals surface area contributed by atoms with Gasteiger partial charge in [-0.3, -0.25) is 9.59 Å². The van der Waals surface area contributed by atoms with Crippen molar-refractivity contribution in [3.05, 3.63) is 72.1 Å². The van der Waals surface area contributed by atoms with Crippen LogP contribution in [0.3, 0.4) is 0 Å². The van der Waals surface area contributed by atoms with Crippen LogP contribution in [0.5, 0.6) is 0 Å². The van der Waals surface area contributed by atoms with Crippen molar-refractivity contribution in [3.63, 3.8) is 0 Å². The molecule has 3 aromatic rings. The maximum atomic E-state index is 12.9. The third-order valence-electron chi connectivity index (χ3n) is 5.95. The molecule has 0 spiro atoms. The van der Waals surface area contributed by atoms with Gasteiger partial charge in [-0.2, -0.15) is 0 Å². The Morgan fingerprint density at radius 3 is 2.38 bits per heavy atom. The van der Waals surface area contributed by atoms with Crippen LogP contribution in [0.2, 0.25) is 0 Å². The fraction of sp³-hybridized carbons (Fsp3) is 0.346. The molecule has 1 fully saturated rings. The van der Waals surface area contributed by atoms with E-state index in [4.69, 9.17) is 0 Å². The average molecular weight is 478 g/mol. The Labute approximate surface area is 205 Å². The van der Waals surface area contributed by atoms with Gasteiger partial charge in [0.1, 0.15) is 0 Å². The molecule has 1 saturated heterocycles. The van der Waals surface area contributed by atoms with Crippen LogP contribution >= 0.6 is 11.8 Å². The summed E-state index contributed by atoms with van der Waals surface area (Å²) in [6.07, 6.45) is 7.38. The van der Waals surface area contributed by atoms with Gasteiger partial charge in [0.05, 0.1) is 5.75 Å². The summed E-state index contributed by atoms with van der Waals surface area (Å²) in [5.41, 5.74) is 3.62. The van der Waals surface area contributed by atoms with E-state index >= 15 is 0 Å². The lowest BCUT2D eigenvalue weighted by atomic mass is 10.1. The summed E-state index contributed by atoms with van der Waals surface area (Å²) in [7, 11) is 3.70. The van der Waals surface area contributed by atoms with Crippen LogP contribution in [-0.2, 0) is 18.4 Å². The molecule has 1 aliphatic rings. The number of hydrogen-bond acceptors (Lipinski definition) is 5. The van der Waals surface area contributed by atoms with Crippen molar-refractivity contribution in [3.8, 4) is 0 Å². The van der Waals surface area contributed by atoms with Gasteiger partial charge in [0.15, 0.2) is 5.16 Å². The van der Waals surface area contributed by atoms with Gasteiger partial charge in [0.2, 0.25) is 5.91 Å². The van der Waals surface area contributed by atoms with Gasteiger partial charge in [-0.15, -0.1) is 0 Å². The first kappa shape index (κ1) is 23.9. The van der Waals surface area contributed by atoms with Gasteiger partial charge < -0.3 is 19.7 Å². The molecule has 2 amide bonds. The number of benzene rings is 2. The maximum Gasteiger partial charge on any atom is 0.253 e. The normalized spacial score (nSPS) is 13.5. The molecule has 8 heteroatoms. The number of carbonyl (C=O) groups excluding carboxylic acids is 2. The number of aryl methyl sites for hydroxylation is 1. The van der Waals surface area contributed by atoms with Crippen LogP contribution < -0.4 is 10.2 Å². The highest BCUT2D eigenvalue weighted by atomic mass is 32.2. The Kier molecular flexibility index (Phi) is 7.90. The second kappa shape index (κ2) is 11.2. The van der Waals surface area contributed by atoms with E-state index in [0.29, 0.717) is 17.8 Å². The monoisotopic (exact) mass is 477 g/mol. The summed E-state index contributed by atoms with van der Waals surface area (Å²) in [5, 5.41) is 3.66. The lowest BCUT2D eigenvalue weighted by Gasteiger charge is -2.29. The Morgan fingerprint density at radius 2 is 1.74 bits per heavy atom. The highest BCUT2D eigenvalue weighted by Crippen LogP contribution is 2.21. The van der Waals surface area contributed by atoms with Crippen LogP contribution in [0.25, 0.3) is 0 Å². The third kappa shape index (κ3) is 6.20. The Balaban J connectivity index is 1.27. The molecule has 178 valence electrons. The summed E-state index contributed by atoms with van der Waals surface area (Å²) in [6.45, 7) is 2.79. The van der Waals surface area contributed by atoms with Crippen LogP contribution in [0, 0.1) is 0 Å². The van der Waals surface area contributed by atoms with E-state index in [2.05, 4.69) is 39.5 Å². The van der Waals surface area contributed by atoms with Gasteiger partial charge in [-0.1, -0.05) is 23.9 Å². The Morgan fingerprint density at radius 1 is 1.03 bits per heavy atom. The minimum absolute atomic E-state index is 0.0525. The smallest absolute Gasteiger partial charge is 0.253 e. The minimum atomic E-state index is -0.114. The second-order valence-corrected chi connectivity index (χ2v) is 9.55. The SMILES string of the molecule is CN(Cc1ccc(N2CCCCC2)cc1)C(=O)c1ccc(NC(=O)CSc2nccn2C)cc1. The molecule has 1 N–H and O–H groups in total. The first-order valence-corrected chi connectivity index (χ1v) is 12.6. The van der Waals surface area contributed by atoms with E-state index in [1.54, 1.807) is 35.4 Å². The molecule has 0 radical (unpaired) electrons. The lowest BCUT2D eigenvalue weighted by Crippen LogP contribution is -2.29. The van der Waals surface area contributed by atoms with E-state index in [9.17, 15) is 9.59 Å². The predicted molar refractivity (Wildman–Crippen MR) is 137 cm³/mol. The molecule has 2 heterocycles. The van der Waals surface area contributed by atoms with Gasteiger partial charge in [-0.05, 0) is 61.2 Å². The average Bonchev–Trinajstić information content (AvgIpc) is 3.28. The van der Waals surface area contributed by atoms with Crippen molar-refractivity contribution in [2.45, 2.75) is 31.0 Å². The van der Waals surface area contributed by atoms with E-state index < -0.39 is 0 Å². The number of aromatic nitrogens is 2. The van der Waals surface area contributed by atoms with Crippen LogP contribution in [0.15, 0.2) is 66.1 Å². The fourth-order valence-corrected chi connectivity index (χ4v) is 4.78. The van der Waals surface area contributed by atoms with E-state index in [0.717, 1.165) is 23.8 Å². The number of amides is 2. The molecular formula is C26H31N5O2S. The first-order valence-electron chi connectivity index (χ1n) is 11.6. The van der Waals surface area contributed by atoms with E-state index in [1.807, 2.05) is 24.9 Å². The number of rotatable bonds is 8. The fourth-order valence-electron chi connectivity index (χ4n) is 4.04. The molecule has 0 atom stereocenters.